The largest absolute Gasteiger partial charge is 0.356 e. The zero-order chi connectivity index (χ0) is 14.0. The van der Waals surface area contributed by atoms with E-state index < -0.39 is 0 Å². The highest BCUT2D eigenvalue weighted by Gasteiger charge is 2.57. The van der Waals surface area contributed by atoms with Gasteiger partial charge in [-0.3, -0.25) is 4.79 Å². The van der Waals surface area contributed by atoms with Crippen LogP contribution >= 0.6 is 28.3 Å². The number of hydrogen-bond donors (Lipinski definition) is 2. The molecule has 5 heteroatoms. The Balaban J connectivity index is 0.00000161. The van der Waals surface area contributed by atoms with Gasteiger partial charge in [-0.2, -0.15) is 0 Å². The van der Waals surface area contributed by atoms with Crippen molar-refractivity contribution in [2.24, 2.45) is 11.3 Å². The smallest absolute Gasteiger partial charge is 0.223 e. The molecule has 2 aliphatic rings. The van der Waals surface area contributed by atoms with Gasteiger partial charge in [-0.25, -0.2) is 0 Å². The van der Waals surface area contributed by atoms with Crippen molar-refractivity contribution >= 4 is 34.2 Å². The fourth-order valence-corrected chi connectivity index (χ4v) is 3.56. The fourth-order valence-electron chi connectivity index (χ4n) is 3.30. The van der Waals surface area contributed by atoms with Crippen LogP contribution in [0.15, 0.2) is 28.7 Å². The first-order valence-electron chi connectivity index (χ1n) is 7.42. The first-order valence-corrected chi connectivity index (χ1v) is 8.22. The first-order chi connectivity index (χ1) is 9.70. The van der Waals surface area contributed by atoms with Gasteiger partial charge in [0.1, 0.15) is 0 Å². The van der Waals surface area contributed by atoms with Gasteiger partial charge in [-0.05, 0) is 61.9 Å². The van der Waals surface area contributed by atoms with Crippen molar-refractivity contribution in [2.45, 2.75) is 25.7 Å². The van der Waals surface area contributed by atoms with E-state index in [9.17, 15) is 4.79 Å². The lowest BCUT2D eigenvalue weighted by Gasteiger charge is -2.23. The van der Waals surface area contributed by atoms with Crippen LogP contribution in [0.25, 0.3) is 0 Å². The third kappa shape index (κ3) is 3.99. The number of piperidine rings is 1. The highest BCUT2D eigenvalue weighted by Crippen LogP contribution is 2.58. The second-order valence-corrected chi connectivity index (χ2v) is 6.95. The van der Waals surface area contributed by atoms with Crippen molar-refractivity contribution in [3.63, 3.8) is 0 Å². The second-order valence-electron chi connectivity index (χ2n) is 6.04. The van der Waals surface area contributed by atoms with Gasteiger partial charge in [-0.15, -0.1) is 12.4 Å². The van der Waals surface area contributed by atoms with Gasteiger partial charge in [0.25, 0.3) is 0 Å². The summed E-state index contributed by atoms with van der Waals surface area (Å²) in [6.07, 6.45) is 4.33. The zero-order valence-corrected chi connectivity index (χ0v) is 14.4. The number of amides is 1. The lowest BCUT2D eigenvalue weighted by Crippen LogP contribution is -2.34. The molecule has 1 heterocycles. The molecule has 2 N–H and O–H groups in total. The number of carbonyl (C=O) groups is 1. The molecule has 1 unspecified atom stereocenters. The molecule has 0 aromatic heterocycles. The maximum absolute atomic E-state index is 12.2. The molecule has 0 bridgehead atoms. The van der Waals surface area contributed by atoms with Crippen molar-refractivity contribution in [3.8, 4) is 0 Å². The molecule has 1 aliphatic heterocycles. The minimum absolute atomic E-state index is 0. The molecule has 0 radical (unpaired) electrons. The van der Waals surface area contributed by atoms with Gasteiger partial charge >= 0.3 is 0 Å². The van der Waals surface area contributed by atoms with E-state index in [1.165, 1.54) is 5.56 Å². The summed E-state index contributed by atoms with van der Waals surface area (Å²) in [6, 6.07) is 8.29. The third-order valence-corrected chi connectivity index (χ3v) is 5.26. The van der Waals surface area contributed by atoms with E-state index in [1.54, 1.807) is 0 Å². The Morgan fingerprint density at radius 1 is 1.29 bits per heavy atom. The van der Waals surface area contributed by atoms with Crippen LogP contribution in [0.2, 0.25) is 0 Å². The summed E-state index contributed by atoms with van der Waals surface area (Å²) in [5.74, 6) is 0.540. The Morgan fingerprint density at radius 2 is 1.95 bits per heavy atom. The summed E-state index contributed by atoms with van der Waals surface area (Å²) in [6.45, 7) is 2.89. The highest BCUT2D eigenvalue weighted by molar-refractivity contribution is 9.10. The molecule has 1 aromatic carbocycles. The average molecular weight is 374 g/mol. The van der Waals surface area contributed by atoms with Crippen molar-refractivity contribution in [3.05, 3.63) is 34.3 Å². The number of rotatable bonds is 4. The highest BCUT2D eigenvalue weighted by atomic mass is 79.9. The average Bonchev–Trinajstić information content (AvgIpc) is 3.15. The normalized spacial score (nSPS) is 22.4. The monoisotopic (exact) mass is 372 g/mol. The van der Waals surface area contributed by atoms with Crippen LogP contribution in [0, 0.1) is 11.3 Å². The van der Waals surface area contributed by atoms with Crippen LogP contribution in [0.4, 0.5) is 0 Å². The van der Waals surface area contributed by atoms with Gasteiger partial charge in [-0.1, -0.05) is 28.1 Å². The summed E-state index contributed by atoms with van der Waals surface area (Å²) >= 11 is 3.43. The van der Waals surface area contributed by atoms with E-state index >= 15 is 0 Å². The van der Waals surface area contributed by atoms with Crippen molar-refractivity contribution in [1.29, 1.82) is 0 Å². The molecule has 1 aliphatic carbocycles. The second kappa shape index (κ2) is 7.12. The van der Waals surface area contributed by atoms with Crippen molar-refractivity contribution < 1.29 is 4.79 Å². The Hall–Kier alpha value is -0.580. The van der Waals surface area contributed by atoms with Gasteiger partial charge in [0.2, 0.25) is 5.91 Å². The third-order valence-electron chi connectivity index (χ3n) is 4.73. The maximum atomic E-state index is 12.2. The van der Waals surface area contributed by atoms with E-state index in [2.05, 4.69) is 38.7 Å². The maximum Gasteiger partial charge on any atom is 0.223 e. The Kier molecular flexibility index (Phi) is 5.69. The van der Waals surface area contributed by atoms with Gasteiger partial charge < -0.3 is 10.6 Å². The number of benzene rings is 1. The standard InChI is InChI=1S/C16H21BrN2O.ClH/c17-13-3-1-12(2-4-13)5-8-19-15(20)14-11-16(14)6-9-18-10-7-16;/h1-4,14,18H,5-11H2,(H,19,20);1H. The minimum Gasteiger partial charge on any atom is -0.356 e. The van der Waals surface area contributed by atoms with Crippen LogP contribution in [0.1, 0.15) is 24.8 Å². The minimum atomic E-state index is 0. The lowest BCUT2D eigenvalue weighted by molar-refractivity contribution is -0.123. The summed E-state index contributed by atoms with van der Waals surface area (Å²) in [7, 11) is 0. The Morgan fingerprint density at radius 3 is 2.62 bits per heavy atom. The van der Waals surface area contributed by atoms with Crippen LogP contribution in [0.3, 0.4) is 0 Å². The molecule has 3 rings (SSSR count). The van der Waals surface area contributed by atoms with Crippen molar-refractivity contribution in [1.82, 2.24) is 10.6 Å². The SMILES string of the molecule is Cl.O=C(NCCc1ccc(Br)cc1)C1CC12CCNCC2. The quantitative estimate of drug-likeness (QED) is 0.852. The number of carbonyl (C=O) groups excluding carboxylic acids is 1. The van der Waals surface area contributed by atoms with E-state index in [1.807, 2.05) is 12.1 Å². The predicted octanol–water partition coefficient (Wildman–Crippen LogP) is 2.92. The van der Waals surface area contributed by atoms with Gasteiger partial charge in [0, 0.05) is 16.9 Å². The van der Waals surface area contributed by atoms with Crippen LogP contribution in [-0.2, 0) is 11.2 Å². The van der Waals surface area contributed by atoms with Gasteiger partial charge in [0.15, 0.2) is 0 Å². The molecule has 2 fully saturated rings. The number of halogens is 2. The molecule has 1 aromatic rings. The molecular weight excluding hydrogens is 352 g/mol. The topological polar surface area (TPSA) is 41.1 Å². The Bertz CT molecular complexity index is 486. The molecule has 1 saturated carbocycles. The molecule has 21 heavy (non-hydrogen) atoms. The molecule has 1 spiro atoms. The first kappa shape index (κ1) is 16.8. The van der Waals surface area contributed by atoms with E-state index in [0.717, 1.165) is 49.8 Å². The molecular formula is C16H22BrClN2O. The van der Waals surface area contributed by atoms with E-state index in [-0.39, 0.29) is 24.2 Å². The van der Waals surface area contributed by atoms with E-state index in [0.29, 0.717) is 5.41 Å². The Labute approximate surface area is 140 Å². The molecule has 1 atom stereocenters. The summed E-state index contributed by atoms with van der Waals surface area (Å²) in [5.41, 5.74) is 1.60. The summed E-state index contributed by atoms with van der Waals surface area (Å²) in [4.78, 5) is 12.2. The number of nitrogens with one attached hydrogen (secondary N) is 2. The zero-order valence-electron chi connectivity index (χ0n) is 12.0. The molecule has 1 saturated heterocycles. The number of hydrogen-bond acceptors (Lipinski definition) is 2. The van der Waals surface area contributed by atoms with Gasteiger partial charge in [0.05, 0.1) is 0 Å². The molecule has 116 valence electrons. The van der Waals surface area contributed by atoms with Crippen molar-refractivity contribution in [2.75, 3.05) is 19.6 Å². The summed E-state index contributed by atoms with van der Waals surface area (Å²) < 4.78 is 1.09. The molecule has 3 nitrogen and oxygen atoms in total. The molecule has 1 amide bonds. The predicted molar refractivity (Wildman–Crippen MR) is 90.7 cm³/mol. The lowest BCUT2D eigenvalue weighted by atomic mass is 9.92. The summed E-state index contributed by atoms with van der Waals surface area (Å²) in [5, 5.41) is 6.48. The fraction of sp³-hybridized carbons (Fsp3) is 0.562. The van der Waals surface area contributed by atoms with Crippen LogP contribution in [-0.4, -0.2) is 25.5 Å². The van der Waals surface area contributed by atoms with E-state index in [4.69, 9.17) is 0 Å². The van der Waals surface area contributed by atoms with Crippen LogP contribution in [0.5, 0.6) is 0 Å². The van der Waals surface area contributed by atoms with Crippen LogP contribution < -0.4 is 10.6 Å².